The highest BCUT2D eigenvalue weighted by Crippen LogP contribution is 2.46. The lowest BCUT2D eigenvalue weighted by Gasteiger charge is -2.25. The zero-order valence-electron chi connectivity index (χ0n) is 12.1. The summed E-state index contributed by atoms with van der Waals surface area (Å²) in [5.41, 5.74) is 1.22. The van der Waals surface area contributed by atoms with Crippen LogP contribution >= 0.6 is 0 Å². The Labute approximate surface area is 115 Å². The van der Waals surface area contributed by atoms with Gasteiger partial charge in [0.25, 0.3) is 0 Å². The van der Waals surface area contributed by atoms with E-state index in [2.05, 4.69) is 34.4 Å². The van der Waals surface area contributed by atoms with Gasteiger partial charge >= 0.3 is 0 Å². The number of aromatic nitrogens is 2. The maximum absolute atomic E-state index is 4.49. The highest BCUT2D eigenvalue weighted by Gasteiger charge is 2.39. The number of anilines is 2. The molecule has 4 heteroatoms. The molecule has 1 aromatic rings. The highest BCUT2D eigenvalue weighted by molar-refractivity contribution is 5.59. The van der Waals surface area contributed by atoms with Gasteiger partial charge in [0.15, 0.2) is 0 Å². The van der Waals surface area contributed by atoms with Crippen LogP contribution in [-0.2, 0) is 0 Å². The molecule has 2 saturated carbocycles. The van der Waals surface area contributed by atoms with E-state index in [0.29, 0.717) is 12.0 Å². The van der Waals surface area contributed by atoms with Crippen LogP contribution < -0.4 is 10.6 Å². The van der Waals surface area contributed by atoms with Crippen molar-refractivity contribution >= 4 is 11.6 Å². The molecule has 0 saturated heterocycles. The number of hydrogen-bond donors (Lipinski definition) is 2. The smallest absolute Gasteiger partial charge is 0.135 e. The lowest BCUT2D eigenvalue weighted by atomic mass is 9.95. The maximum atomic E-state index is 4.49. The second-order valence-corrected chi connectivity index (χ2v) is 6.31. The van der Waals surface area contributed by atoms with Crippen LogP contribution in [0.1, 0.15) is 51.0 Å². The molecule has 3 atom stereocenters. The summed E-state index contributed by atoms with van der Waals surface area (Å²) in [6.07, 6.45) is 7.22. The molecule has 0 aromatic carbocycles. The lowest BCUT2D eigenvalue weighted by molar-refractivity contribution is 0.438. The third-order valence-corrected chi connectivity index (χ3v) is 4.76. The summed E-state index contributed by atoms with van der Waals surface area (Å²) in [7, 11) is 1.93. The van der Waals surface area contributed by atoms with Gasteiger partial charge in [-0.1, -0.05) is 20.3 Å². The second kappa shape index (κ2) is 4.99. The van der Waals surface area contributed by atoms with Gasteiger partial charge in [-0.2, -0.15) is 0 Å². The first-order valence-corrected chi connectivity index (χ1v) is 7.48. The molecule has 4 nitrogen and oxygen atoms in total. The number of rotatable bonds is 4. The molecular formula is C15H24N4. The van der Waals surface area contributed by atoms with Crippen LogP contribution in [0.4, 0.5) is 11.6 Å². The summed E-state index contributed by atoms with van der Waals surface area (Å²) in [6, 6.07) is 0.621. The monoisotopic (exact) mass is 260 g/mol. The SMILES string of the molecule is CNc1ncnc(NC2CC3CCC2C3)c1C(C)C. The van der Waals surface area contributed by atoms with Crippen LogP contribution in [0.15, 0.2) is 6.33 Å². The number of hydrogen-bond acceptors (Lipinski definition) is 4. The Kier molecular flexibility index (Phi) is 3.33. The van der Waals surface area contributed by atoms with E-state index in [1.165, 1.54) is 31.2 Å². The Bertz CT molecular complexity index is 457. The molecule has 0 radical (unpaired) electrons. The van der Waals surface area contributed by atoms with Crippen LogP contribution in [0.25, 0.3) is 0 Å². The molecule has 3 rings (SSSR count). The summed E-state index contributed by atoms with van der Waals surface area (Å²) in [4.78, 5) is 8.83. The van der Waals surface area contributed by atoms with Gasteiger partial charge in [0.2, 0.25) is 0 Å². The van der Waals surface area contributed by atoms with Crippen molar-refractivity contribution in [3.63, 3.8) is 0 Å². The fourth-order valence-corrected chi connectivity index (χ4v) is 3.85. The van der Waals surface area contributed by atoms with Gasteiger partial charge < -0.3 is 10.6 Å². The van der Waals surface area contributed by atoms with Gasteiger partial charge in [-0.3, -0.25) is 0 Å². The lowest BCUT2D eigenvalue weighted by Crippen LogP contribution is -2.27. The van der Waals surface area contributed by atoms with Crippen molar-refractivity contribution in [2.75, 3.05) is 17.7 Å². The average Bonchev–Trinajstić information content (AvgIpc) is 3.00. The van der Waals surface area contributed by atoms with Crippen molar-refractivity contribution in [1.82, 2.24) is 9.97 Å². The zero-order valence-corrected chi connectivity index (χ0v) is 12.1. The second-order valence-electron chi connectivity index (χ2n) is 6.31. The molecule has 0 amide bonds. The number of fused-ring (bicyclic) bond motifs is 2. The van der Waals surface area contributed by atoms with E-state index in [-0.39, 0.29) is 0 Å². The molecule has 19 heavy (non-hydrogen) atoms. The van der Waals surface area contributed by atoms with E-state index in [4.69, 9.17) is 0 Å². The van der Waals surface area contributed by atoms with Crippen LogP contribution in [0, 0.1) is 11.8 Å². The molecule has 0 aliphatic heterocycles. The van der Waals surface area contributed by atoms with Crippen molar-refractivity contribution in [2.24, 2.45) is 11.8 Å². The summed E-state index contributed by atoms with van der Waals surface area (Å²) in [6.45, 7) is 4.40. The standard InChI is InChI=1S/C15H24N4/c1-9(2)13-14(16-3)17-8-18-15(13)19-12-7-10-4-5-11(12)6-10/h8-12H,4-7H2,1-3H3,(H2,16,17,18,19). The number of nitrogens with one attached hydrogen (secondary N) is 2. The van der Waals surface area contributed by atoms with Crippen molar-refractivity contribution in [3.05, 3.63) is 11.9 Å². The first-order valence-electron chi connectivity index (χ1n) is 7.48. The summed E-state index contributed by atoms with van der Waals surface area (Å²) in [5, 5.41) is 6.89. The minimum atomic E-state index is 0.421. The Morgan fingerprint density at radius 2 is 1.95 bits per heavy atom. The third-order valence-electron chi connectivity index (χ3n) is 4.76. The predicted octanol–water partition coefficient (Wildman–Crippen LogP) is 3.24. The Balaban J connectivity index is 1.84. The fraction of sp³-hybridized carbons (Fsp3) is 0.733. The van der Waals surface area contributed by atoms with Crippen LogP contribution in [0.3, 0.4) is 0 Å². The van der Waals surface area contributed by atoms with Crippen molar-refractivity contribution in [3.8, 4) is 0 Å². The van der Waals surface area contributed by atoms with Crippen molar-refractivity contribution in [1.29, 1.82) is 0 Å². The Hall–Kier alpha value is -1.32. The van der Waals surface area contributed by atoms with Gasteiger partial charge in [-0.05, 0) is 37.0 Å². The molecular weight excluding hydrogens is 236 g/mol. The predicted molar refractivity (Wildman–Crippen MR) is 78.5 cm³/mol. The molecule has 104 valence electrons. The molecule has 2 aliphatic rings. The van der Waals surface area contributed by atoms with E-state index >= 15 is 0 Å². The van der Waals surface area contributed by atoms with Gasteiger partial charge in [-0.25, -0.2) is 9.97 Å². The van der Waals surface area contributed by atoms with Crippen molar-refractivity contribution < 1.29 is 0 Å². The van der Waals surface area contributed by atoms with Gasteiger partial charge in [0.05, 0.1) is 0 Å². The molecule has 1 heterocycles. The largest absolute Gasteiger partial charge is 0.373 e. The normalized spacial score (nSPS) is 28.9. The molecule has 1 aromatic heterocycles. The fourth-order valence-electron chi connectivity index (χ4n) is 3.85. The van der Waals surface area contributed by atoms with E-state index < -0.39 is 0 Å². The molecule has 2 fully saturated rings. The highest BCUT2D eigenvalue weighted by atomic mass is 15.1. The van der Waals surface area contributed by atoms with E-state index in [1.807, 2.05) is 7.05 Å². The molecule has 3 unspecified atom stereocenters. The molecule has 2 N–H and O–H groups in total. The van der Waals surface area contributed by atoms with E-state index in [0.717, 1.165) is 23.5 Å². The molecule has 0 spiro atoms. The van der Waals surface area contributed by atoms with Gasteiger partial charge in [0, 0.05) is 18.7 Å². The average molecular weight is 260 g/mol. The minimum absolute atomic E-state index is 0.421. The quantitative estimate of drug-likeness (QED) is 0.872. The van der Waals surface area contributed by atoms with Crippen LogP contribution in [0.5, 0.6) is 0 Å². The third kappa shape index (κ3) is 2.28. The molecule has 2 aliphatic carbocycles. The summed E-state index contributed by atoms with van der Waals surface area (Å²) >= 11 is 0. The van der Waals surface area contributed by atoms with Crippen molar-refractivity contribution in [2.45, 2.75) is 51.5 Å². The molecule has 2 bridgehead atoms. The maximum Gasteiger partial charge on any atom is 0.135 e. The number of nitrogens with zero attached hydrogens (tertiary/aromatic N) is 2. The van der Waals surface area contributed by atoms with Crippen LogP contribution in [0.2, 0.25) is 0 Å². The first kappa shape index (κ1) is 12.7. The summed E-state index contributed by atoms with van der Waals surface area (Å²) in [5.74, 6) is 4.22. The zero-order chi connectivity index (χ0) is 13.4. The first-order chi connectivity index (χ1) is 9.19. The van der Waals surface area contributed by atoms with Gasteiger partial charge in [0.1, 0.15) is 18.0 Å². The summed E-state index contributed by atoms with van der Waals surface area (Å²) < 4.78 is 0. The van der Waals surface area contributed by atoms with Gasteiger partial charge in [-0.15, -0.1) is 0 Å². The van der Waals surface area contributed by atoms with Crippen LogP contribution in [-0.4, -0.2) is 23.1 Å². The minimum Gasteiger partial charge on any atom is -0.373 e. The Morgan fingerprint density at radius 1 is 1.16 bits per heavy atom. The van der Waals surface area contributed by atoms with E-state index in [1.54, 1.807) is 6.33 Å². The van der Waals surface area contributed by atoms with E-state index in [9.17, 15) is 0 Å². The topological polar surface area (TPSA) is 49.8 Å². The Morgan fingerprint density at radius 3 is 2.53 bits per heavy atom.